The molecule has 1 aliphatic heterocycles. The zero-order valence-corrected chi connectivity index (χ0v) is 19.1. The Balaban J connectivity index is 1.24. The number of thiazole rings is 1. The number of anilines is 2. The second-order valence-electron chi connectivity index (χ2n) is 8.12. The molecule has 4 aromatic heterocycles. The zero-order chi connectivity index (χ0) is 22.6. The van der Waals surface area contributed by atoms with Gasteiger partial charge in [0.1, 0.15) is 11.6 Å². The van der Waals surface area contributed by atoms with E-state index in [1.165, 1.54) is 0 Å². The molecule has 33 heavy (non-hydrogen) atoms. The van der Waals surface area contributed by atoms with E-state index in [9.17, 15) is 4.79 Å². The van der Waals surface area contributed by atoms with Crippen LogP contribution in [0.15, 0.2) is 67.3 Å². The minimum Gasteiger partial charge on any atom is -0.339 e. The third-order valence-corrected chi connectivity index (χ3v) is 6.94. The molecule has 0 atom stereocenters. The molecule has 0 aliphatic carbocycles. The summed E-state index contributed by atoms with van der Waals surface area (Å²) in [6.45, 7) is 3.51. The highest BCUT2D eigenvalue weighted by atomic mass is 32.1. The number of rotatable bonds is 5. The van der Waals surface area contributed by atoms with E-state index >= 15 is 0 Å². The summed E-state index contributed by atoms with van der Waals surface area (Å²) in [7, 11) is 0. The van der Waals surface area contributed by atoms with Gasteiger partial charge in [-0.1, -0.05) is 6.07 Å². The summed E-state index contributed by atoms with van der Waals surface area (Å²) in [4.78, 5) is 33.5. The molecule has 5 rings (SSSR count). The van der Waals surface area contributed by atoms with Crippen LogP contribution in [0.1, 0.15) is 39.7 Å². The molecule has 1 fully saturated rings. The molecule has 1 aliphatic rings. The summed E-state index contributed by atoms with van der Waals surface area (Å²) < 4.78 is 0. The maximum Gasteiger partial charge on any atom is 0.253 e. The second kappa shape index (κ2) is 9.46. The van der Waals surface area contributed by atoms with Crippen LogP contribution in [0.25, 0.3) is 10.6 Å². The van der Waals surface area contributed by atoms with Crippen molar-refractivity contribution in [3.05, 3.63) is 83.4 Å². The Morgan fingerprint density at radius 2 is 1.85 bits per heavy atom. The van der Waals surface area contributed by atoms with Crippen molar-refractivity contribution in [3.63, 3.8) is 0 Å². The molecular weight excluding hydrogens is 432 g/mol. The Morgan fingerprint density at radius 3 is 2.64 bits per heavy atom. The zero-order valence-electron chi connectivity index (χ0n) is 18.3. The van der Waals surface area contributed by atoms with Gasteiger partial charge in [-0.2, -0.15) is 0 Å². The molecule has 0 aromatic carbocycles. The van der Waals surface area contributed by atoms with Crippen LogP contribution in [0.3, 0.4) is 0 Å². The first-order chi connectivity index (χ1) is 16.2. The molecule has 7 nitrogen and oxygen atoms in total. The second-order valence-corrected chi connectivity index (χ2v) is 9.18. The molecule has 166 valence electrons. The third kappa shape index (κ3) is 4.90. The summed E-state index contributed by atoms with van der Waals surface area (Å²) in [6, 6.07) is 13.4. The number of aryl methyl sites for hydroxylation is 1. The topological polar surface area (TPSA) is 83.9 Å². The number of piperidine rings is 1. The molecule has 5 heterocycles. The predicted molar refractivity (Wildman–Crippen MR) is 130 cm³/mol. The standard InChI is InChI=1S/C25H24N6OS/c1-17-5-12-27-23(15-17)30-22-4-2-3-20(29-22)21-16-28-24(33-21)18-8-13-31(14-9-18)25(32)19-6-10-26-11-7-19/h2-7,10-12,15-16,18H,8-9,13-14H2,1H3,(H,27,29,30). The Morgan fingerprint density at radius 1 is 1.03 bits per heavy atom. The summed E-state index contributed by atoms with van der Waals surface area (Å²) >= 11 is 1.69. The van der Waals surface area contributed by atoms with Crippen LogP contribution in [-0.2, 0) is 0 Å². The molecule has 0 spiro atoms. The van der Waals surface area contributed by atoms with E-state index in [0.29, 0.717) is 11.5 Å². The van der Waals surface area contributed by atoms with E-state index in [-0.39, 0.29) is 5.91 Å². The number of likely N-dealkylation sites (tertiary alicyclic amines) is 1. The van der Waals surface area contributed by atoms with Gasteiger partial charge in [0.25, 0.3) is 5.91 Å². The summed E-state index contributed by atoms with van der Waals surface area (Å²) in [5.74, 6) is 1.97. The van der Waals surface area contributed by atoms with Crippen LogP contribution in [0.5, 0.6) is 0 Å². The van der Waals surface area contributed by atoms with Crippen LogP contribution in [-0.4, -0.2) is 43.8 Å². The quantitative estimate of drug-likeness (QED) is 0.452. The van der Waals surface area contributed by atoms with E-state index in [1.54, 1.807) is 42.1 Å². The maximum absolute atomic E-state index is 12.7. The van der Waals surface area contributed by atoms with E-state index < -0.39 is 0 Å². The fraction of sp³-hybridized carbons (Fsp3) is 0.240. The van der Waals surface area contributed by atoms with Gasteiger partial charge >= 0.3 is 0 Å². The van der Waals surface area contributed by atoms with Crippen LogP contribution in [0.4, 0.5) is 11.6 Å². The molecule has 1 amide bonds. The molecule has 0 unspecified atom stereocenters. The fourth-order valence-electron chi connectivity index (χ4n) is 3.98. The van der Waals surface area contributed by atoms with Crippen LogP contribution in [0.2, 0.25) is 0 Å². The molecular formula is C25H24N6OS. The lowest BCUT2D eigenvalue weighted by atomic mass is 9.97. The number of aromatic nitrogens is 4. The third-order valence-electron chi connectivity index (χ3n) is 5.76. The summed E-state index contributed by atoms with van der Waals surface area (Å²) in [5, 5.41) is 4.39. The number of nitrogens with one attached hydrogen (secondary N) is 1. The maximum atomic E-state index is 12.7. The van der Waals surface area contributed by atoms with Crippen LogP contribution in [0, 0.1) is 6.92 Å². The summed E-state index contributed by atoms with van der Waals surface area (Å²) in [5.41, 5.74) is 2.73. The highest BCUT2D eigenvalue weighted by Crippen LogP contribution is 2.35. The number of hydrogen-bond acceptors (Lipinski definition) is 7. The Labute approximate surface area is 196 Å². The van der Waals surface area contributed by atoms with Gasteiger partial charge in [-0.05, 0) is 61.7 Å². The molecule has 1 N–H and O–H groups in total. The van der Waals surface area contributed by atoms with Crippen molar-refractivity contribution < 1.29 is 4.79 Å². The lowest BCUT2D eigenvalue weighted by Gasteiger charge is -2.31. The molecule has 1 saturated heterocycles. The van der Waals surface area contributed by atoms with Crippen LogP contribution < -0.4 is 5.32 Å². The minimum absolute atomic E-state index is 0.0762. The normalized spacial score (nSPS) is 14.3. The fourth-order valence-corrected chi connectivity index (χ4v) is 5.04. The van der Waals surface area contributed by atoms with Crippen molar-refractivity contribution >= 4 is 28.9 Å². The largest absolute Gasteiger partial charge is 0.339 e. The van der Waals surface area contributed by atoms with Gasteiger partial charge in [0.15, 0.2) is 0 Å². The van der Waals surface area contributed by atoms with Crippen molar-refractivity contribution in [1.82, 2.24) is 24.8 Å². The van der Waals surface area contributed by atoms with Crippen molar-refractivity contribution in [2.24, 2.45) is 0 Å². The molecule has 8 heteroatoms. The number of pyridine rings is 3. The van der Waals surface area contributed by atoms with E-state index in [0.717, 1.165) is 58.7 Å². The molecule has 4 aromatic rings. The summed E-state index contributed by atoms with van der Waals surface area (Å²) in [6.07, 6.45) is 8.84. The first-order valence-corrected chi connectivity index (χ1v) is 11.8. The van der Waals surface area contributed by atoms with Gasteiger partial charge in [-0.15, -0.1) is 11.3 Å². The Kier molecular flexibility index (Phi) is 6.08. The van der Waals surface area contributed by atoms with Crippen molar-refractivity contribution in [2.75, 3.05) is 18.4 Å². The molecule has 0 radical (unpaired) electrons. The average molecular weight is 457 g/mol. The first kappa shape index (κ1) is 21.2. The number of carbonyl (C=O) groups excluding carboxylic acids is 1. The van der Waals surface area contributed by atoms with Crippen molar-refractivity contribution in [2.45, 2.75) is 25.7 Å². The van der Waals surface area contributed by atoms with Crippen LogP contribution >= 0.6 is 11.3 Å². The highest BCUT2D eigenvalue weighted by Gasteiger charge is 2.26. The number of carbonyl (C=O) groups is 1. The van der Waals surface area contributed by atoms with E-state index in [2.05, 4.69) is 15.3 Å². The van der Waals surface area contributed by atoms with Gasteiger partial charge < -0.3 is 10.2 Å². The van der Waals surface area contributed by atoms with Gasteiger partial charge in [0, 0.05) is 49.4 Å². The van der Waals surface area contributed by atoms with Crippen molar-refractivity contribution in [3.8, 4) is 10.6 Å². The predicted octanol–water partition coefficient (Wildman–Crippen LogP) is 5.07. The Hall–Kier alpha value is -3.65. The lowest BCUT2D eigenvalue weighted by molar-refractivity contribution is 0.0713. The minimum atomic E-state index is 0.0762. The smallest absolute Gasteiger partial charge is 0.253 e. The highest BCUT2D eigenvalue weighted by molar-refractivity contribution is 7.15. The Bertz CT molecular complexity index is 1250. The molecule has 0 saturated carbocycles. The van der Waals surface area contributed by atoms with E-state index in [1.807, 2.05) is 48.4 Å². The first-order valence-electron chi connectivity index (χ1n) is 11.0. The SMILES string of the molecule is Cc1ccnc(Nc2cccc(-c3cnc(C4CCN(C(=O)c5ccncc5)CC4)s3)n2)c1. The van der Waals surface area contributed by atoms with Gasteiger partial charge in [-0.25, -0.2) is 15.0 Å². The number of amides is 1. The van der Waals surface area contributed by atoms with Gasteiger partial charge in [-0.3, -0.25) is 9.78 Å². The lowest BCUT2D eigenvalue weighted by Crippen LogP contribution is -2.37. The van der Waals surface area contributed by atoms with E-state index in [4.69, 9.17) is 9.97 Å². The molecule has 0 bridgehead atoms. The van der Waals surface area contributed by atoms with Crippen molar-refractivity contribution in [1.29, 1.82) is 0 Å². The van der Waals surface area contributed by atoms with Gasteiger partial charge in [0.2, 0.25) is 0 Å². The number of hydrogen-bond donors (Lipinski definition) is 1. The average Bonchev–Trinajstić information content (AvgIpc) is 3.35. The monoisotopic (exact) mass is 456 g/mol. The number of nitrogens with zero attached hydrogens (tertiary/aromatic N) is 5. The van der Waals surface area contributed by atoms with Gasteiger partial charge in [0.05, 0.1) is 15.6 Å².